The molecule has 1 aromatic rings. The van der Waals surface area contributed by atoms with Gasteiger partial charge in [-0.15, -0.1) is 11.8 Å². The summed E-state index contributed by atoms with van der Waals surface area (Å²) in [6.45, 7) is 5.80. The van der Waals surface area contributed by atoms with E-state index < -0.39 is 23.5 Å². The van der Waals surface area contributed by atoms with Gasteiger partial charge in [0.05, 0.1) is 17.5 Å². The van der Waals surface area contributed by atoms with Gasteiger partial charge in [-0.3, -0.25) is 14.4 Å². The molecule has 7 nitrogen and oxygen atoms in total. The van der Waals surface area contributed by atoms with E-state index in [2.05, 4.69) is 16.0 Å². The zero-order valence-electron chi connectivity index (χ0n) is 20.3. The highest BCUT2D eigenvalue weighted by Crippen LogP contribution is 2.46. The Labute approximate surface area is 205 Å². The molecular weight excluding hydrogens is 455 g/mol. The minimum atomic E-state index is -0.650. The third kappa shape index (κ3) is 4.82. The number of aryl methyl sites for hydroxylation is 1. The summed E-state index contributed by atoms with van der Waals surface area (Å²) < 4.78 is 13.7. The van der Waals surface area contributed by atoms with E-state index in [0.717, 1.165) is 36.1 Å². The van der Waals surface area contributed by atoms with Crippen LogP contribution in [0.3, 0.4) is 0 Å². The Morgan fingerprint density at radius 3 is 2.71 bits per heavy atom. The number of fused-ring (bicyclic) bond motifs is 2. The molecule has 9 heteroatoms. The molecule has 0 saturated carbocycles. The molecule has 5 atom stereocenters. The van der Waals surface area contributed by atoms with Gasteiger partial charge in [0.25, 0.3) is 0 Å². The predicted molar refractivity (Wildman–Crippen MR) is 131 cm³/mol. The third-order valence-corrected chi connectivity index (χ3v) is 8.68. The quantitative estimate of drug-likeness (QED) is 0.590. The number of thioether (sulfide) groups is 1. The van der Waals surface area contributed by atoms with Gasteiger partial charge in [0.1, 0.15) is 17.9 Å². The molecule has 4 rings (SSSR count). The van der Waals surface area contributed by atoms with Gasteiger partial charge in [-0.25, -0.2) is 4.39 Å². The number of nitrogens with one attached hydrogen (secondary N) is 3. The zero-order chi connectivity index (χ0) is 24.6. The number of rotatable bonds is 5. The van der Waals surface area contributed by atoms with Gasteiger partial charge in [-0.2, -0.15) is 0 Å². The van der Waals surface area contributed by atoms with Crippen LogP contribution in [0, 0.1) is 11.2 Å². The summed E-state index contributed by atoms with van der Waals surface area (Å²) in [7, 11) is 1.70. The second-order valence-electron chi connectivity index (χ2n) is 10.3. The Balaban J connectivity index is 1.56. The van der Waals surface area contributed by atoms with Crippen molar-refractivity contribution < 1.29 is 18.8 Å². The smallest absolute Gasteiger partial charge is 0.246 e. The SMILES string of the molecule is CN[C@@H](C)C(=O)N[C@H]1CCS[C@H]2CC(C)(C)[C@@H](C(=O)N[C@@H]3CCCc4cc(F)ccc43)N2C1=O. The summed E-state index contributed by atoms with van der Waals surface area (Å²) in [6, 6.07) is 2.85. The molecular formula is C25H35FN4O3S. The average molecular weight is 491 g/mol. The molecule has 1 aliphatic carbocycles. The van der Waals surface area contributed by atoms with Crippen molar-refractivity contribution in [3.63, 3.8) is 0 Å². The van der Waals surface area contributed by atoms with Crippen LogP contribution in [0.25, 0.3) is 0 Å². The van der Waals surface area contributed by atoms with Crippen molar-refractivity contribution in [2.45, 2.75) is 82.4 Å². The number of likely N-dealkylation sites (N-methyl/N-ethyl adjacent to an activating group) is 1. The van der Waals surface area contributed by atoms with Crippen molar-refractivity contribution in [3.8, 4) is 0 Å². The molecule has 34 heavy (non-hydrogen) atoms. The molecule has 2 fully saturated rings. The van der Waals surface area contributed by atoms with E-state index in [1.165, 1.54) is 6.07 Å². The largest absolute Gasteiger partial charge is 0.347 e. The van der Waals surface area contributed by atoms with Crippen molar-refractivity contribution in [1.82, 2.24) is 20.9 Å². The van der Waals surface area contributed by atoms with Crippen LogP contribution in [0.5, 0.6) is 0 Å². The standard InChI is InChI=1S/C25H35FN4O3S/c1-14(27-4)22(31)29-19-10-11-34-20-13-25(2,3)21(30(20)24(19)33)23(32)28-18-7-5-6-15-12-16(26)8-9-17(15)18/h8-9,12,14,18-21,27H,5-7,10-11,13H2,1-4H3,(H,28,32)(H,29,31)/t14-,18+,19-,20-,21+/m0/s1. The molecule has 0 bridgehead atoms. The lowest BCUT2D eigenvalue weighted by Crippen LogP contribution is -2.58. The maximum absolute atomic E-state index is 13.7. The number of carbonyl (C=O) groups excluding carboxylic acids is 3. The molecule has 3 N–H and O–H groups in total. The van der Waals surface area contributed by atoms with Crippen molar-refractivity contribution in [1.29, 1.82) is 0 Å². The lowest BCUT2D eigenvalue weighted by molar-refractivity contribution is -0.144. The molecule has 0 radical (unpaired) electrons. The molecule has 3 aliphatic rings. The first kappa shape index (κ1) is 25.0. The predicted octanol–water partition coefficient (Wildman–Crippen LogP) is 2.50. The second-order valence-corrected chi connectivity index (χ2v) is 11.6. The Hall–Kier alpha value is -2.13. The van der Waals surface area contributed by atoms with Crippen LogP contribution in [-0.4, -0.2) is 58.9 Å². The molecule has 0 aromatic heterocycles. The molecule has 0 spiro atoms. The van der Waals surface area contributed by atoms with Gasteiger partial charge in [-0.1, -0.05) is 19.9 Å². The van der Waals surface area contributed by atoms with E-state index in [9.17, 15) is 18.8 Å². The highest BCUT2D eigenvalue weighted by atomic mass is 32.2. The topological polar surface area (TPSA) is 90.5 Å². The molecule has 3 amide bonds. The second kappa shape index (κ2) is 9.85. The van der Waals surface area contributed by atoms with E-state index in [4.69, 9.17) is 0 Å². The molecule has 2 saturated heterocycles. The van der Waals surface area contributed by atoms with Gasteiger partial charge in [0, 0.05) is 0 Å². The lowest BCUT2D eigenvalue weighted by atomic mass is 9.83. The van der Waals surface area contributed by atoms with Crippen LogP contribution in [0.15, 0.2) is 18.2 Å². The molecule has 2 aliphatic heterocycles. The first-order valence-corrected chi connectivity index (χ1v) is 13.2. The lowest BCUT2D eigenvalue weighted by Gasteiger charge is -2.36. The van der Waals surface area contributed by atoms with Crippen LogP contribution >= 0.6 is 11.8 Å². The van der Waals surface area contributed by atoms with Crippen LogP contribution in [0.2, 0.25) is 0 Å². The summed E-state index contributed by atoms with van der Waals surface area (Å²) in [5.41, 5.74) is 1.47. The van der Waals surface area contributed by atoms with Crippen molar-refractivity contribution in [3.05, 3.63) is 35.1 Å². The summed E-state index contributed by atoms with van der Waals surface area (Å²) in [5, 5.41) is 8.87. The highest BCUT2D eigenvalue weighted by Gasteiger charge is 2.54. The Kier molecular flexibility index (Phi) is 7.24. The fourth-order valence-electron chi connectivity index (χ4n) is 5.46. The Morgan fingerprint density at radius 2 is 1.97 bits per heavy atom. The number of hydrogen-bond acceptors (Lipinski definition) is 5. The fraction of sp³-hybridized carbons (Fsp3) is 0.640. The Morgan fingerprint density at radius 1 is 1.21 bits per heavy atom. The Bertz CT molecular complexity index is 971. The summed E-state index contributed by atoms with van der Waals surface area (Å²) in [4.78, 5) is 41.6. The number of amides is 3. The van der Waals surface area contributed by atoms with Gasteiger partial charge < -0.3 is 20.9 Å². The maximum Gasteiger partial charge on any atom is 0.246 e. The number of nitrogens with zero attached hydrogens (tertiary/aromatic N) is 1. The van der Waals surface area contributed by atoms with Gasteiger partial charge in [0.15, 0.2) is 0 Å². The van der Waals surface area contributed by atoms with Gasteiger partial charge in [0.2, 0.25) is 17.7 Å². The molecule has 2 heterocycles. The number of carbonyl (C=O) groups is 3. The third-order valence-electron chi connectivity index (χ3n) is 7.43. The minimum Gasteiger partial charge on any atom is -0.347 e. The maximum atomic E-state index is 13.7. The van der Waals surface area contributed by atoms with E-state index in [0.29, 0.717) is 12.8 Å². The van der Waals surface area contributed by atoms with Crippen molar-refractivity contribution >= 4 is 29.5 Å². The summed E-state index contributed by atoms with van der Waals surface area (Å²) >= 11 is 1.68. The minimum absolute atomic E-state index is 0.102. The number of hydrogen-bond donors (Lipinski definition) is 3. The van der Waals surface area contributed by atoms with Crippen LogP contribution in [-0.2, 0) is 20.8 Å². The monoisotopic (exact) mass is 490 g/mol. The zero-order valence-corrected chi connectivity index (χ0v) is 21.1. The van der Waals surface area contributed by atoms with Gasteiger partial charge >= 0.3 is 0 Å². The van der Waals surface area contributed by atoms with E-state index in [-0.39, 0.29) is 35.0 Å². The normalized spacial score (nSPS) is 29.0. The van der Waals surface area contributed by atoms with Crippen LogP contribution in [0.4, 0.5) is 4.39 Å². The van der Waals surface area contributed by atoms with E-state index in [1.54, 1.807) is 42.8 Å². The summed E-state index contributed by atoms with van der Waals surface area (Å²) in [6.07, 6.45) is 3.69. The first-order valence-electron chi connectivity index (χ1n) is 12.1. The first-order chi connectivity index (χ1) is 16.1. The fourth-order valence-corrected chi connectivity index (χ4v) is 7.04. The van der Waals surface area contributed by atoms with Crippen molar-refractivity contribution in [2.24, 2.45) is 5.41 Å². The number of benzene rings is 1. The number of halogens is 1. The molecule has 0 unspecified atom stereocenters. The van der Waals surface area contributed by atoms with Gasteiger partial charge in [-0.05, 0) is 80.5 Å². The highest BCUT2D eigenvalue weighted by molar-refractivity contribution is 7.99. The molecule has 1 aromatic carbocycles. The summed E-state index contributed by atoms with van der Waals surface area (Å²) in [5.74, 6) is -0.131. The van der Waals surface area contributed by atoms with E-state index >= 15 is 0 Å². The van der Waals surface area contributed by atoms with E-state index in [1.807, 2.05) is 13.8 Å². The van der Waals surface area contributed by atoms with Crippen molar-refractivity contribution in [2.75, 3.05) is 12.8 Å². The van der Waals surface area contributed by atoms with Crippen LogP contribution < -0.4 is 16.0 Å². The van der Waals surface area contributed by atoms with Crippen LogP contribution in [0.1, 0.15) is 63.6 Å². The average Bonchev–Trinajstić information content (AvgIpc) is 2.98. The molecule has 186 valence electrons.